The van der Waals surface area contributed by atoms with Gasteiger partial charge in [-0.3, -0.25) is 0 Å². The molecule has 0 fully saturated rings. The summed E-state index contributed by atoms with van der Waals surface area (Å²) in [6, 6.07) is 29.2. The van der Waals surface area contributed by atoms with Crippen LogP contribution >= 0.6 is 0 Å². The van der Waals surface area contributed by atoms with Crippen LogP contribution in [0.2, 0.25) is 0 Å². The largest absolute Gasteiger partial charge is 0.449 e. The molecule has 0 amide bonds. The molecule has 0 aliphatic carbocycles. The molecule has 1 heterocycles. The number of hydrogen-bond acceptors (Lipinski definition) is 3. The predicted molar refractivity (Wildman–Crippen MR) is 105 cm³/mol. The van der Waals surface area contributed by atoms with E-state index in [9.17, 15) is 4.79 Å². The van der Waals surface area contributed by atoms with Crippen LogP contribution in [-0.4, -0.2) is 5.97 Å². The Labute approximate surface area is 158 Å². The molecule has 0 bridgehead atoms. The fraction of sp³-hybridized carbons (Fsp3) is 0.125. The molecule has 0 spiro atoms. The van der Waals surface area contributed by atoms with Crippen molar-refractivity contribution in [2.24, 2.45) is 0 Å². The fourth-order valence-electron chi connectivity index (χ4n) is 3.29. The number of esters is 1. The van der Waals surface area contributed by atoms with Gasteiger partial charge in [0.05, 0.1) is 5.57 Å². The summed E-state index contributed by atoms with van der Waals surface area (Å²) in [4.78, 5) is 13.0. The Morgan fingerprint density at radius 2 is 1.30 bits per heavy atom. The molecule has 0 saturated heterocycles. The third kappa shape index (κ3) is 3.49. The summed E-state index contributed by atoms with van der Waals surface area (Å²) in [5.74, 6) is 0.0907. The van der Waals surface area contributed by atoms with Crippen LogP contribution in [0.3, 0.4) is 0 Å². The number of ether oxygens (including phenoxy) is 2. The minimum atomic E-state index is -0.749. The summed E-state index contributed by atoms with van der Waals surface area (Å²) in [5.41, 5.74) is 3.26. The van der Waals surface area contributed by atoms with Crippen molar-refractivity contribution >= 4 is 11.7 Å². The van der Waals surface area contributed by atoms with Crippen LogP contribution < -0.4 is 0 Å². The van der Waals surface area contributed by atoms with Crippen molar-refractivity contribution in [3.63, 3.8) is 0 Å². The smallest absolute Gasteiger partial charge is 0.341 e. The van der Waals surface area contributed by atoms with Crippen molar-refractivity contribution in [2.75, 3.05) is 0 Å². The van der Waals surface area contributed by atoms with Gasteiger partial charge in [0.25, 0.3) is 6.29 Å². The van der Waals surface area contributed by atoms with Crippen LogP contribution in [0.5, 0.6) is 0 Å². The highest BCUT2D eigenvalue weighted by molar-refractivity contribution is 5.98. The van der Waals surface area contributed by atoms with Crippen LogP contribution in [0.1, 0.15) is 35.8 Å². The van der Waals surface area contributed by atoms with E-state index in [1.165, 1.54) is 0 Å². The van der Waals surface area contributed by atoms with Gasteiger partial charge in [-0.25, -0.2) is 4.79 Å². The molecule has 2 unspecified atom stereocenters. The first-order valence-corrected chi connectivity index (χ1v) is 9.01. The Hall–Kier alpha value is -3.33. The van der Waals surface area contributed by atoms with E-state index in [1.807, 2.05) is 97.9 Å². The highest BCUT2D eigenvalue weighted by Crippen LogP contribution is 2.40. The molecule has 0 aromatic heterocycles. The molecule has 3 aromatic rings. The van der Waals surface area contributed by atoms with E-state index in [4.69, 9.17) is 9.47 Å². The van der Waals surface area contributed by atoms with E-state index in [1.54, 1.807) is 0 Å². The molecule has 134 valence electrons. The number of cyclic esters (lactones) is 1. The molecule has 3 heteroatoms. The van der Waals surface area contributed by atoms with Gasteiger partial charge < -0.3 is 9.47 Å². The molecule has 4 rings (SSSR count). The number of carbonyl (C=O) groups is 1. The minimum absolute atomic E-state index is 0.148. The molecule has 0 N–H and O–H groups in total. The average molecular weight is 356 g/mol. The van der Waals surface area contributed by atoms with Crippen molar-refractivity contribution in [2.45, 2.75) is 19.1 Å². The Morgan fingerprint density at radius 1 is 0.741 bits per heavy atom. The zero-order valence-corrected chi connectivity index (χ0v) is 15.0. The van der Waals surface area contributed by atoms with Crippen molar-refractivity contribution in [3.8, 4) is 0 Å². The summed E-state index contributed by atoms with van der Waals surface area (Å²) >= 11 is 0. The topological polar surface area (TPSA) is 35.5 Å². The fourth-order valence-corrected chi connectivity index (χ4v) is 3.29. The van der Waals surface area contributed by atoms with Gasteiger partial charge >= 0.3 is 5.97 Å². The lowest BCUT2D eigenvalue weighted by atomic mass is 9.90. The van der Waals surface area contributed by atoms with Crippen LogP contribution in [-0.2, 0) is 14.3 Å². The molecular weight excluding hydrogens is 336 g/mol. The summed E-state index contributed by atoms with van der Waals surface area (Å²) in [6.45, 7) is 2.00. The SMILES string of the molecule is CC(C1=C(c2ccccc2)OC(c2ccccc2)OC1=O)c1ccccc1. The lowest BCUT2D eigenvalue weighted by Crippen LogP contribution is -2.25. The van der Waals surface area contributed by atoms with Gasteiger partial charge in [0.15, 0.2) is 0 Å². The van der Waals surface area contributed by atoms with E-state index in [-0.39, 0.29) is 11.9 Å². The first-order chi connectivity index (χ1) is 13.2. The Balaban J connectivity index is 1.81. The quantitative estimate of drug-likeness (QED) is 0.581. The van der Waals surface area contributed by atoms with Crippen LogP contribution in [0.25, 0.3) is 5.76 Å². The lowest BCUT2D eigenvalue weighted by molar-refractivity contribution is -0.169. The second kappa shape index (κ2) is 7.50. The van der Waals surface area contributed by atoms with Gasteiger partial charge in [-0.15, -0.1) is 0 Å². The van der Waals surface area contributed by atoms with Crippen molar-refractivity contribution in [1.82, 2.24) is 0 Å². The van der Waals surface area contributed by atoms with E-state index < -0.39 is 6.29 Å². The van der Waals surface area contributed by atoms with E-state index in [2.05, 4.69) is 0 Å². The van der Waals surface area contributed by atoms with Gasteiger partial charge in [-0.05, 0) is 5.56 Å². The number of hydrogen-bond donors (Lipinski definition) is 0. The van der Waals surface area contributed by atoms with Crippen LogP contribution in [0.15, 0.2) is 96.6 Å². The Bertz CT molecular complexity index is 947. The first kappa shape index (κ1) is 17.1. The third-order valence-corrected chi connectivity index (χ3v) is 4.74. The van der Waals surface area contributed by atoms with Gasteiger partial charge in [0, 0.05) is 17.0 Å². The van der Waals surface area contributed by atoms with Gasteiger partial charge in [-0.2, -0.15) is 0 Å². The molecular formula is C24H20O3. The lowest BCUT2D eigenvalue weighted by Gasteiger charge is -2.30. The predicted octanol–water partition coefficient (Wildman–Crippen LogP) is 5.47. The van der Waals surface area contributed by atoms with E-state index in [0.717, 1.165) is 16.7 Å². The molecule has 3 nitrogen and oxygen atoms in total. The Kier molecular flexibility index (Phi) is 4.75. The van der Waals surface area contributed by atoms with Gasteiger partial charge in [0.2, 0.25) is 0 Å². The third-order valence-electron chi connectivity index (χ3n) is 4.74. The summed E-state index contributed by atoms with van der Waals surface area (Å²) in [7, 11) is 0. The number of rotatable bonds is 4. The monoisotopic (exact) mass is 356 g/mol. The zero-order valence-electron chi connectivity index (χ0n) is 15.0. The van der Waals surface area contributed by atoms with E-state index >= 15 is 0 Å². The minimum Gasteiger partial charge on any atom is -0.449 e. The molecule has 1 aliphatic rings. The molecule has 27 heavy (non-hydrogen) atoms. The maximum Gasteiger partial charge on any atom is 0.341 e. The molecule has 3 aromatic carbocycles. The highest BCUT2D eigenvalue weighted by atomic mass is 16.7. The molecule has 0 saturated carbocycles. The molecule has 2 atom stereocenters. The van der Waals surface area contributed by atoms with Crippen LogP contribution in [0.4, 0.5) is 0 Å². The average Bonchev–Trinajstić information content (AvgIpc) is 2.74. The highest BCUT2D eigenvalue weighted by Gasteiger charge is 2.35. The van der Waals surface area contributed by atoms with Gasteiger partial charge in [-0.1, -0.05) is 97.9 Å². The summed E-state index contributed by atoms with van der Waals surface area (Å²) in [6.07, 6.45) is -0.749. The standard InChI is InChI=1S/C24H20O3/c1-17(18-11-5-2-6-12-18)21-22(19-13-7-3-8-14-19)26-24(27-23(21)25)20-15-9-4-10-16-20/h2-17,24H,1H3. The maximum absolute atomic E-state index is 13.0. The first-order valence-electron chi connectivity index (χ1n) is 9.01. The van der Waals surface area contributed by atoms with Crippen molar-refractivity contribution < 1.29 is 14.3 Å². The summed E-state index contributed by atoms with van der Waals surface area (Å²) < 4.78 is 11.9. The van der Waals surface area contributed by atoms with Crippen molar-refractivity contribution in [3.05, 3.63) is 113 Å². The Morgan fingerprint density at radius 3 is 1.93 bits per heavy atom. The van der Waals surface area contributed by atoms with Crippen molar-refractivity contribution in [1.29, 1.82) is 0 Å². The number of benzene rings is 3. The van der Waals surface area contributed by atoms with Crippen LogP contribution in [0, 0.1) is 0 Å². The molecule has 0 radical (unpaired) electrons. The van der Waals surface area contributed by atoms with Gasteiger partial charge in [0.1, 0.15) is 5.76 Å². The number of carbonyl (C=O) groups excluding carboxylic acids is 1. The zero-order chi connectivity index (χ0) is 18.6. The normalized spacial score (nSPS) is 17.8. The van der Waals surface area contributed by atoms with E-state index in [0.29, 0.717) is 11.3 Å². The molecule has 1 aliphatic heterocycles. The summed E-state index contributed by atoms with van der Waals surface area (Å²) in [5, 5.41) is 0. The second-order valence-electron chi connectivity index (χ2n) is 6.51. The maximum atomic E-state index is 13.0. The second-order valence-corrected chi connectivity index (χ2v) is 6.51.